The molecule has 3 nitrogen and oxygen atoms in total. The van der Waals surface area contributed by atoms with Gasteiger partial charge in [0.25, 0.3) is 0 Å². The summed E-state index contributed by atoms with van der Waals surface area (Å²) in [5, 5.41) is 0. The third-order valence-corrected chi connectivity index (χ3v) is 6.31. The standard InChI is InChI=1S/C20H25N3/c1-13-4-19(21-11-13)18-3-2-17(23-18)12-22-20-8-14-5-15(9-20)7-16(6-14)10-20/h2-4,11-12,14-16,21,23H,5-10H2,1H3. The highest BCUT2D eigenvalue weighted by atomic mass is 14.9. The minimum atomic E-state index is 0.267. The number of aryl methyl sites for hydroxylation is 1. The predicted octanol–water partition coefficient (Wildman–Crippen LogP) is 4.71. The van der Waals surface area contributed by atoms with Crippen molar-refractivity contribution in [3.8, 4) is 11.4 Å². The number of nitrogens with one attached hydrogen (secondary N) is 2. The SMILES string of the molecule is Cc1c[nH]c(-c2ccc(C=NC34CC5CC(CC(C5)C3)C4)[nH]2)c1. The maximum Gasteiger partial charge on any atom is 0.0624 e. The second-order valence-corrected chi connectivity index (χ2v) is 8.32. The van der Waals surface area contributed by atoms with Gasteiger partial charge in [-0.15, -0.1) is 0 Å². The topological polar surface area (TPSA) is 43.9 Å². The molecule has 2 heterocycles. The zero-order valence-electron chi connectivity index (χ0n) is 13.8. The maximum absolute atomic E-state index is 5.13. The summed E-state index contributed by atoms with van der Waals surface area (Å²) < 4.78 is 0. The van der Waals surface area contributed by atoms with Crippen molar-refractivity contribution in [2.24, 2.45) is 22.7 Å². The van der Waals surface area contributed by atoms with Gasteiger partial charge in [-0.25, -0.2) is 0 Å². The highest BCUT2D eigenvalue weighted by Crippen LogP contribution is 2.57. The van der Waals surface area contributed by atoms with Gasteiger partial charge >= 0.3 is 0 Å². The molecule has 0 amide bonds. The molecule has 2 N–H and O–H groups in total. The maximum atomic E-state index is 5.13. The lowest BCUT2D eigenvalue weighted by Gasteiger charge is -2.54. The number of aromatic amines is 2. The summed E-state index contributed by atoms with van der Waals surface area (Å²) in [6.45, 7) is 2.11. The Labute approximate surface area is 137 Å². The normalized spacial score (nSPS) is 35.4. The van der Waals surface area contributed by atoms with Crippen molar-refractivity contribution in [1.82, 2.24) is 9.97 Å². The number of aliphatic imine (C=N–C) groups is 1. The fourth-order valence-corrected chi connectivity index (χ4v) is 5.73. The minimum absolute atomic E-state index is 0.267. The Kier molecular flexibility index (Phi) is 2.88. The van der Waals surface area contributed by atoms with Crippen LogP contribution in [0.5, 0.6) is 0 Å². The van der Waals surface area contributed by atoms with Gasteiger partial charge in [-0.05, 0) is 87.0 Å². The van der Waals surface area contributed by atoms with Crippen molar-refractivity contribution >= 4 is 6.21 Å². The molecule has 4 aliphatic rings. The average molecular weight is 307 g/mol. The molecule has 4 saturated carbocycles. The molecule has 4 fully saturated rings. The Morgan fingerprint density at radius 3 is 2.35 bits per heavy atom. The fourth-order valence-electron chi connectivity index (χ4n) is 5.73. The molecule has 0 aliphatic heterocycles. The minimum Gasteiger partial charge on any atom is -0.360 e. The Morgan fingerprint density at radius 1 is 1.04 bits per heavy atom. The molecule has 23 heavy (non-hydrogen) atoms. The molecule has 120 valence electrons. The summed E-state index contributed by atoms with van der Waals surface area (Å²) in [4.78, 5) is 11.9. The van der Waals surface area contributed by atoms with E-state index in [9.17, 15) is 0 Å². The number of nitrogens with zero attached hydrogens (tertiary/aromatic N) is 1. The molecule has 3 heteroatoms. The van der Waals surface area contributed by atoms with Crippen LogP contribution in [0.2, 0.25) is 0 Å². The summed E-state index contributed by atoms with van der Waals surface area (Å²) in [6, 6.07) is 6.47. The molecule has 0 unspecified atom stereocenters. The number of H-pyrrole nitrogens is 2. The van der Waals surface area contributed by atoms with E-state index in [1.807, 2.05) is 6.20 Å². The van der Waals surface area contributed by atoms with E-state index >= 15 is 0 Å². The average Bonchev–Trinajstić information content (AvgIpc) is 3.12. The molecule has 4 aliphatic carbocycles. The van der Waals surface area contributed by atoms with Crippen LogP contribution in [0.25, 0.3) is 11.4 Å². The Bertz CT molecular complexity index is 713. The van der Waals surface area contributed by atoms with Gasteiger partial charge in [-0.1, -0.05) is 0 Å². The van der Waals surface area contributed by atoms with E-state index in [1.54, 1.807) is 0 Å². The van der Waals surface area contributed by atoms with E-state index in [-0.39, 0.29) is 5.54 Å². The molecule has 4 bridgehead atoms. The Hall–Kier alpha value is -1.77. The van der Waals surface area contributed by atoms with Gasteiger partial charge in [0, 0.05) is 12.4 Å². The predicted molar refractivity (Wildman–Crippen MR) is 93.8 cm³/mol. The summed E-state index contributed by atoms with van der Waals surface area (Å²) in [6.07, 6.45) is 12.6. The molecule has 2 aromatic heterocycles. The van der Waals surface area contributed by atoms with Gasteiger partial charge in [0.2, 0.25) is 0 Å². The number of hydrogen-bond donors (Lipinski definition) is 2. The van der Waals surface area contributed by atoms with Gasteiger partial charge < -0.3 is 9.97 Å². The van der Waals surface area contributed by atoms with Crippen LogP contribution < -0.4 is 0 Å². The van der Waals surface area contributed by atoms with Gasteiger partial charge in [-0.2, -0.15) is 0 Å². The van der Waals surface area contributed by atoms with Crippen molar-refractivity contribution in [2.45, 2.75) is 51.0 Å². The van der Waals surface area contributed by atoms with E-state index in [2.05, 4.69) is 41.3 Å². The molecule has 0 saturated heterocycles. The molecular formula is C20H25N3. The number of hydrogen-bond acceptors (Lipinski definition) is 1. The third-order valence-electron chi connectivity index (χ3n) is 6.31. The molecular weight excluding hydrogens is 282 g/mol. The van der Waals surface area contributed by atoms with Crippen molar-refractivity contribution < 1.29 is 0 Å². The largest absolute Gasteiger partial charge is 0.360 e. The highest BCUT2D eigenvalue weighted by molar-refractivity contribution is 5.79. The smallest absolute Gasteiger partial charge is 0.0624 e. The van der Waals surface area contributed by atoms with Crippen LogP contribution in [-0.4, -0.2) is 21.7 Å². The molecule has 0 aromatic carbocycles. The van der Waals surface area contributed by atoms with Crippen LogP contribution in [0.4, 0.5) is 0 Å². The van der Waals surface area contributed by atoms with Crippen molar-refractivity contribution in [3.05, 3.63) is 35.7 Å². The number of aromatic nitrogens is 2. The number of rotatable bonds is 3. The summed E-state index contributed by atoms with van der Waals surface area (Å²) in [5.74, 6) is 2.87. The fraction of sp³-hybridized carbons (Fsp3) is 0.550. The first-order chi connectivity index (χ1) is 11.2. The van der Waals surface area contributed by atoms with E-state index < -0.39 is 0 Å². The van der Waals surface area contributed by atoms with Crippen LogP contribution in [0.3, 0.4) is 0 Å². The van der Waals surface area contributed by atoms with Gasteiger partial charge in [0.1, 0.15) is 0 Å². The van der Waals surface area contributed by atoms with Gasteiger partial charge in [0.15, 0.2) is 0 Å². The zero-order chi connectivity index (χ0) is 15.4. The summed E-state index contributed by atoms with van der Waals surface area (Å²) in [5.41, 5.74) is 4.95. The van der Waals surface area contributed by atoms with E-state index in [4.69, 9.17) is 4.99 Å². The van der Waals surface area contributed by atoms with E-state index in [0.717, 1.165) is 34.8 Å². The van der Waals surface area contributed by atoms with Crippen LogP contribution in [-0.2, 0) is 0 Å². The molecule has 6 rings (SSSR count). The lowest BCUT2D eigenvalue weighted by atomic mass is 9.53. The van der Waals surface area contributed by atoms with Crippen molar-refractivity contribution in [3.63, 3.8) is 0 Å². The Balaban J connectivity index is 1.37. The highest BCUT2D eigenvalue weighted by Gasteiger charge is 2.50. The first kappa shape index (κ1) is 13.6. The van der Waals surface area contributed by atoms with E-state index in [1.165, 1.54) is 44.1 Å². The summed E-state index contributed by atoms with van der Waals surface area (Å²) in [7, 11) is 0. The first-order valence-electron chi connectivity index (χ1n) is 9.07. The second kappa shape index (κ2) is 4.86. The Morgan fingerprint density at radius 2 is 1.74 bits per heavy atom. The van der Waals surface area contributed by atoms with Gasteiger partial charge in [0.05, 0.1) is 22.6 Å². The van der Waals surface area contributed by atoms with Crippen LogP contribution in [0.15, 0.2) is 29.4 Å². The monoisotopic (exact) mass is 307 g/mol. The van der Waals surface area contributed by atoms with Crippen molar-refractivity contribution in [2.75, 3.05) is 0 Å². The van der Waals surface area contributed by atoms with E-state index in [0.29, 0.717) is 0 Å². The van der Waals surface area contributed by atoms with Crippen LogP contribution in [0.1, 0.15) is 49.8 Å². The van der Waals surface area contributed by atoms with Crippen LogP contribution in [0, 0.1) is 24.7 Å². The lowest BCUT2D eigenvalue weighted by Crippen LogP contribution is -2.49. The molecule has 0 atom stereocenters. The molecule has 2 aromatic rings. The van der Waals surface area contributed by atoms with Gasteiger partial charge in [-0.3, -0.25) is 4.99 Å². The summed E-state index contributed by atoms with van der Waals surface area (Å²) >= 11 is 0. The second-order valence-electron chi connectivity index (χ2n) is 8.32. The first-order valence-corrected chi connectivity index (χ1v) is 9.07. The molecule has 0 radical (unpaired) electrons. The quantitative estimate of drug-likeness (QED) is 0.772. The van der Waals surface area contributed by atoms with Crippen LogP contribution >= 0.6 is 0 Å². The lowest BCUT2D eigenvalue weighted by molar-refractivity contribution is 0.00194. The zero-order valence-corrected chi connectivity index (χ0v) is 13.8. The third kappa shape index (κ3) is 2.37. The van der Waals surface area contributed by atoms with Crippen molar-refractivity contribution in [1.29, 1.82) is 0 Å². The molecule has 0 spiro atoms.